The van der Waals surface area contributed by atoms with E-state index in [1.54, 1.807) is 0 Å². The van der Waals surface area contributed by atoms with E-state index in [-0.39, 0.29) is 5.54 Å². The third-order valence-corrected chi connectivity index (χ3v) is 4.06. The van der Waals surface area contributed by atoms with Crippen LogP contribution in [0.3, 0.4) is 0 Å². The first-order valence-corrected chi connectivity index (χ1v) is 6.81. The van der Waals surface area contributed by atoms with Gasteiger partial charge in [0.15, 0.2) is 0 Å². The molecule has 2 rings (SSSR count). The van der Waals surface area contributed by atoms with Gasteiger partial charge in [0.2, 0.25) is 0 Å². The average Bonchev–Trinajstić information content (AvgIpc) is 2.56. The lowest BCUT2D eigenvalue weighted by Gasteiger charge is -2.34. The fourth-order valence-electron chi connectivity index (χ4n) is 3.32. The maximum absolute atomic E-state index is 6.64. The zero-order valence-corrected chi connectivity index (χ0v) is 11.6. The van der Waals surface area contributed by atoms with E-state index in [0.29, 0.717) is 6.04 Å². The Morgan fingerprint density at radius 1 is 1.18 bits per heavy atom. The molecule has 0 unspecified atom stereocenters. The molecule has 96 valence electrons. The smallest absolute Gasteiger partial charge is 0.0647 e. The molecule has 1 aromatic rings. The van der Waals surface area contributed by atoms with Crippen molar-refractivity contribution in [1.29, 1.82) is 0 Å². The summed E-state index contributed by atoms with van der Waals surface area (Å²) in [7, 11) is 0. The number of nitrogens with zero attached hydrogens (tertiary/aromatic N) is 2. The lowest BCUT2D eigenvalue weighted by atomic mass is 9.76. The predicted octanol–water partition coefficient (Wildman–Crippen LogP) is 3.20. The van der Waals surface area contributed by atoms with Crippen LogP contribution in [0, 0.1) is 13.8 Å². The van der Waals surface area contributed by atoms with Gasteiger partial charge in [-0.25, -0.2) is 0 Å². The molecule has 1 fully saturated rings. The molecule has 0 bridgehead atoms. The molecule has 1 heterocycles. The molecule has 0 saturated heterocycles. The molecule has 0 spiro atoms. The number of aromatic nitrogens is 2. The minimum Gasteiger partial charge on any atom is -0.321 e. The van der Waals surface area contributed by atoms with Crippen LogP contribution in [-0.2, 0) is 5.54 Å². The van der Waals surface area contributed by atoms with Gasteiger partial charge in [0.1, 0.15) is 0 Å². The first kappa shape index (κ1) is 12.6. The summed E-state index contributed by atoms with van der Waals surface area (Å²) >= 11 is 0. The standard InChI is InChI=1S/C14H25N3/c1-10(2)17-12(4)13(11(3)16-17)14(15)8-6-5-7-9-14/h10H,5-9,15H2,1-4H3. The van der Waals surface area contributed by atoms with E-state index >= 15 is 0 Å². The van der Waals surface area contributed by atoms with E-state index in [9.17, 15) is 0 Å². The molecule has 1 aromatic heterocycles. The molecule has 1 aliphatic rings. The Bertz CT molecular complexity index is 398. The molecule has 0 aliphatic heterocycles. The van der Waals surface area contributed by atoms with Gasteiger partial charge in [0, 0.05) is 22.8 Å². The summed E-state index contributed by atoms with van der Waals surface area (Å²) in [5.74, 6) is 0. The summed E-state index contributed by atoms with van der Waals surface area (Å²) in [6.45, 7) is 8.61. The quantitative estimate of drug-likeness (QED) is 0.855. The number of hydrogen-bond acceptors (Lipinski definition) is 2. The third kappa shape index (κ3) is 2.13. The summed E-state index contributed by atoms with van der Waals surface area (Å²) in [4.78, 5) is 0. The van der Waals surface area contributed by atoms with Crippen molar-refractivity contribution >= 4 is 0 Å². The maximum Gasteiger partial charge on any atom is 0.0647 e. The highest BCUT2D eigenvalue weighted by Crippen LogP contribution is 2.38. The lowest BCUT2D eigenvalue weighted by molar-refractivity contribution is 0.299. The number of aryl methyl sites for hydroxylation is 1. The van der Waals surface area contributed by atoms with Crippen LogP contribution in [0.25, 0.3) is 0 Å². The van der Waals surface area contributed by atoms with Crippen LogP contribution >= 0.6 is 0 Å². The number of rotatable bonds is 2. The van der Waals surface area contributed by atoms with E-state index in [1.807, 2.05) is 0 Å². The van der Waals surface area contributed by atoms with Gasteiger partial charge < -0.3 is 5.73 Å². The molecule has 0 aromatic carbocycles. The van der Waals surface area contributed by atoms with Crippen LogP contribution in [0.5, 0.6) is 0 Å². The summed E-state index contributed by atoms with van der Waals surface area (Å²) in [6.07, 6.45) is 6.05. The van der Waals surface area contributed by atoms with Crippen molar-refractivity contribution in [2.75, 3.05) is 0 Å². The van der Waals surface area contributed by atoms with Crippen LogP contribution in [0.2, 0.25) is 0 Å². The van der Waals surface area contributed by atoms with Gasteiger partial charge in [-0.15, -0.1) is 0 Å². The summed E-state index contributed by atoms with van der Waals surface area (Å²) in [6, 6.07) is 0.412. The second kappa shape index (κ2) is 4.45. The average molecular weight is 235 g/mol. The molecule has 17 heavy (non-hydrogen) atoms. The normalized spacial score (nSPS) is 19.9. The Morgan fingerprint density at radius 3 is 2.24 bits per heavy atom. The first-order valence-electron chi connectivity index (χ1n) is 6.81. The Hall–Kier alpha value is -0.830. The largest absolute Gasteiger partial charge is 0.321 e. The zero-order valence-electron chi connectivity index (χ0n) is 11.6. The van der Waals surface area contributed by atoms with E-state index in [0.717, 1.165) is 18.5 Å². The van der Waals surface area contributed by atoms with Gasteiger partial charge in [-0.05, 0) is 40.5 Å². The van der Waals surface area contributed by atoms with Gasteiger partial charge in [0.05, 0.1) is 5.69 Å². The zero-order chi connectivity index (χ0) is 12.6. The molecule has 1 aliphatic carbocycles. The minimum atomic E-state index is -0.125. The fraction of sp³-hybridized carbons (Fsp3) is 0.786. The lowest BCUT2D eigenvalue weighted by Crippen LogP contribution is -2.39. The molecular formula is C14H25N3. The monoisotopic (exact) mass is 235 g/mol. The highest BCUT2D eigenvalue weighted by molar-refractivity contribution is 5.33. The fourth-order valence-corrected chi connectivity index (χ4v) is 3.32. The summed E-state index contributed by atoms with van der Waals surface area (Å²) < 4.78 is 2.12. The van der Waals surface area contributed by atoms with Crippen molar-refractivity contribution in [2.24, 2.45) is 5.73 Å². The van der Waals surface area contributed by atoms with E-state index in [1.165, 1.54) is 30.5 Å². The molecule has 3 nitrogen and oxygen atoms in total. The van der Waals surface area contributed by atoms with Crippen molar-refractivity contribution in [3.63, 3.8) is 0 Å². The van der Waals surface area contributed by atoms with Crippen LogP contribution in [0.1, 0.15) is 68.9 Å². The van der Waals surface area contributed by atoms with Crippen LogP contribution in [0.15, 0.2) is 0 Å². The Labute approximate surface area is 104 Å². The second-order valence-corrected chi connectivity index (χ2v) is 5.80. The second-order valence-electron chi connectivity index (χ2n) is 5.80. The Kier molecular flexibility index (Phi) is 3.30. The van der Waals surface area contributed by atoms with E-state index < -0.39 is 0 Å². The molecule has 3 heteroatoms. The van der Waals surface area contributed by atoms with Crippen LogP contribution in [-0.4, -0.2) is 9.78 Å². The molecule has 0 radical (unpaired) electrons. The Morgan fingerprint density at radius 2 is 1.76 bits per heavy atom. The van der Waals surface area contributed by atoms with Crippen molar-refractivity contribution < 1.29 is 0 Å². The van der Waals surface area contributed by atoms with Crippen molar-refractivity contribution in [2.45, 2.75) is 71.4 Å². The summed E-state index contributed by atoms with van der Waals surface area (Å²) in [5, 5.41) is 4.67. The molecule has 0 atom stereocenters. The van der Waals surface area contributed by atoms with E-state index in [2.05, 4.69) is 37.5 Å². The van der Waals surface area contributed by atoms with Gasteiger partial charge >= 0.3 is 0 Å². The topological polar surface area (TPSA) is 43.8 Å². The maximum atomic E-state index is 6.64. The Balaban J connectivity index is 2.44. The van der Waals surface area contributed by atoms with Gasteiger partial charge in [-0.3, -0.25) is 4.68 Å². The molecular weight excluding hydrogens is 210 g/mol. The number of hydrogen-bond donors (Lipinski definition) is 1. The highest BCUT2D eigenvalue weighted by atomic mass is 15.3. The van der Waals surface area contributed by atoms with E-state index in [4.69, 9.17) is 5.73 Å². The van der Waals surface area contributed by atoms with Crippen molar-refractivity contribution in [3.05, 3.63) is 17.0 Å². The summed E-state index contributed by atoms with van der Waals surface area (Å²) in [5.41, 5.74) is 10.2. The van der Waals surface area contributed by atoms with Crippen LogP contribution in [0.4, 0.5) is 0 Å². The van der Waals surface area contributed by atoms with Gasteiger partial charge in [-0.1, -0.05) is 19.3 Å². The van der Waals surface area contributed by atoms with Crippen molar-refractivity contribution in [3.8, 4) is 0 Å². The predicted molar refractivity (Wildman–Crippen MR) is 71.0 cm³/mol. The van der Waals surface area contributed by atoms with Gasteiger partial charge in [0.25, 0.3) is 0 Å². The molecule has 1 saturated carbocycles. The highest BCUT2D eigenvalue weighted by Gasteiger charge is 2.34. The van der Waals surface area contributed by atoms with Crippen molar-refractivity contribution in [1.82, 2.24) is 9.78 Å². The number of nitrogens with two attached hydrogens (primary N) is 1. The first-order chi connectivity index (χ1) is 7.96. The minimum absolute atomic E-state index is 0.125. The van der Waals surface area contributed by atoms with Gasteiger partial charge in [-0.2, -0.15) is 5.10 Å². The third-order valence-electron chi connectivity index (χ3n) is 4.06. The van der Waals surface area contributed by atoms with Crippen LogP contribution < -0.4 is 5.73 Å². The molecule has 2 N–H and O–H groups in total. The molecule has 0 amide bonds. The SMILES string of the molecule is Cc1nn(C(C)C)c(C)c1C1(N)CCCCC1.